The summed E-state index contributed by atoms with van der Waals surface area (Å²) >= 11 is 5.13. The number of halogens is 1. The van der Waals surface area contributed by atoms with Gasteiger partial charge in [0.15, 0.2) is 0 Å². The van der Waals surface area contributed by atoms with Crippen molar-refractivity contribution in [1.82, 2.24) is 0 Å². The fourth-order valence-electron chi connectivity index (χ4n) is 1.65. The summed E-state index contributed by atoms with van der Waals surface area (Å²) in [6.07, 6.45) is 0. The third kappa shape index (κ3) is 3.09. The molecule has 0 bridgehead atoms. The topological polar surface area (TPSA) is 35.2 Å². The monoisotopic (exact) mass is 311 g/mol. The van der Waals surface area contributed by atoms with Crippen molar-refractivity contribution < 1.29 is 4.74 Å². The molecule has 2 rings (SSSR count). The standard InChI is InChI=1S/C13H14BrNOS/c1-9-3-2-4-10(7-15)13(9)16-8-11-5-6-12(14)17-11/h2-6H,7-8,15H2,1H3. The number of hydrogen-bond acceptors (Lipinski definition) is 3. The molecule has 2 nitrogen and oxygen atoms in total. The third-order valence-corrected chi connectivity index (χ3v) is 4.10. The Balaban J connectivity index is 2.13. The second kappa shape index (κ2) is 5.67. The molecule has 0 unspecified atom stereocenters. The van der Waals surface area contributed by atoms with Crippen molar-refractivity contribution in [2.45, 2.75) is 20.1 Å². The zero-order valence-electron chi connectivity index (χ0n) is 9.57. The third-order valence-electron chi connectivity index (χ3n) is 2.50. The predicted octanol–water partition coefficient (Wildman–Crippen LogP) is 3.86. The fourth-order valence-corrected chi connectivity index (χ4v) is 3.05. The Bertz CT molecular complexity index is 510. The van der Waals surface area contributed by atoms with E-state index in [1.807, 2.05) is 31.2 Å². The van der Waals surface area contributed by atoms with Gasteiger partial charge in [0.05, 0.1) is 3.79 Å². The molecule has 1 heterocycles. The van der Waals surface area contributed by atoms with Crippen LogP contribution in [0.5, 0.6) is 5.75 Å². The summed E-state index contributed by atoms with van der Waals surface area (Å²) in [6.45, 7) is 3.14. The van der Waals surface area contributed by atoms with Crippen LogP contribution in [0.3, 0.4) is 0 Å². The van der Waals surface area contributed by atoms with Crippen molar-refractivity contribution in [3.8, 4) is 5.75 Å². The van der Waals surface area contributed by atoms with Crippen LogP contribution < -0.4 is 10.5 Å². The summed E-state index contributed by atoms with van der Waals surface area (Å²) in [5.74, 6) is 0.916. The van der Waals surface area contributed by atoms with Crippen LogP contribution in [-0.4, -0.2) is 0 Å². The van der Waals surface area contributed by atoms with Crippen LogP contribution in [0.25, 0.3) is 0 Å². The van der Waals surface area contributed by atoms with Crippen molar-refractivity contribution in [2.24, 2.45) is 5.73 Å². The van der Waals surface area contributed by atoms with Crippen molar-refractivity contribution >= 4 is 27.3 Å². The lowest BCUT2D eigenvalue weighted by atomic mass is 10.1. The smallest absolute Gasteiger partial charge is 0.127 e. The molecule has 0 fully saturated rings. The molecule has 90 valence electrons. The largest absolute Gasteiger partial charge is 0.487 e. The molecule has 0 aliphatic carbocycles. The number of ether oxygens (including phenoxy) is 1. The van der Waals surface area contributed by atoms with E-state index in [1.165, 1.54) is 4.88 Å². The first-order valence-electron chi connectivity index (χ1n) is 5.36. The van der Waals surface area contributed by atoms with E-state index >= 15 is 0 Å². The van der Waals surface area contributed by atoms with Gasteiger partial charge in [0.1, 0.15) is 12.4 Å². The number of hydrogen-bond donors (Lipinski definition) is 1. The van der Waals surface area contributed by atoms with E-state index in [2.05, 4.69) is 22.0 Å². The molecule has 2 N–H and O–H groups in total. The summed E-state index contributed by atoms with van der Waals surface area (Å²) in [6, 6.07) is 10.2. The highest BCUT2D eigenvalue weighted by atomic mass is 79.9. The number of benzene rings is 1. The molecule has 0 saturated carbocycles. The van der Waals surface area contributed by atoms with Crippen LogP contribution in [0, 0.1) is 6.92 Å². The van der Waals surface area contributed by atoms with E-state index in [0.29, 0.717) is 13.2 Å². The Morgan fingerprint density at radius 2 is 2.12 bits per heavy atom. The van der Waals surface area contributed by atoms with Crippen molar-refractivity contribution in [2.75, 3.05) is 0 Å². The van der Waals surface area contributed by atoms with Crippen LogP contribution in [0.2, 0.25) is 0 Å². The van der Waals surface area contributed by atoms with Crippen LogP contribution in [-0.2, 0) is 13.2 Å². The Morgan fingerprint density at radius 3 is 2.76 bits per heavy atom. The number of rotatable bonds is 4. The van der Waals surface area contributed by atoms with E-state index in [-0.39, 0.29) is 0 Å². The van der Waals surface area contributed by atoms with Gasteiger partial charge in [0, 0.05) is 17.0 Å². The van der Waals surface area contributed by atoms with E-state index in [1.54, 1.807) is 11.3 Å². The minimum absolute atomic E-state index is 0.505. The van der Waals surface area contributed by atoms with Gasteiger partial charge in [0.2, 0.25) is 0 Å². The second-order valence-electron chi connectivity index (χ2n) is 3.76. The lowest BCUT2D eigenvalue weighted by Crippen LogP contribution is -2.03. The molecule has 0 aliphatic rings. The molecule has 17 heavy (non-hydrogen) atoms. The highest BCUT2D eigenvalue weighted by Gasteiger charge is 2.06. The first kappa shape index (κ1) is 12.6. The van der Waals surface area contributed by atoms with Gasteiger partial charge in [-0.1, -0.05) is 18.2 Å². The SMILES string of the molecule is Cc1cccc(CN)c1OCc1ccc(Br)s1. The van der Waals surface area contributed by atoms with Gasteiger partial charge >= 0.3 is 0 Å². The Hall–Kier alpha value is -0.840. The van der Waals surface area contributed by atoms with E-state index in [0.717, 1.165) is 20.7 Å². The maximum absolute atomic E-state index is 5.87. The van der Waals surface area contributed by atoms with E-state index in [9.17, 15) is 0 Å². The molecule has 0 amide bonds. The molecular weight excluding hydrogens is 298 g/mol. The Labute approximate surface area is 114 Å². The first-order chi connectivity index (χ1) is 8.20. The van der Waals surface area contributed by atoms with Gasteiger partial charge in [-0.25, -0.2) is 0 Å². The zero-order chi connectivity index (χ0) is 12.3. The van der Waals surface area contributed by atoms with Gasteiger partial charge in [-0.2, -0.15) is 0 Å². The molecule has 1 aromatic carbocycles. The molecule has 2 aromatic rings. The number of para-hydroxylation sites is 1. The van der Waals surface area contributed by atoms with Crippen molar-refractivity contribution in [3.63, 3.8) is 0 Å². The lowest BCUT2D eigenvalue weighted by molar-refractivity contribution is 0.304. The minimum Gasteiger partial charge on any atom is -0.487 e. The summed E-state index contributed by atoms with van der Waals surface area (Å²) in [5, 5.41) is 0. The summed E-state index contributed by atoms with van der Waals surface area (Å²) in [7, 11) is 0. The molecule has 1 aromatic heterocycles. The number of aryl methyl sites for hydroxylation is 1. The maximum Gasteiger partial charge on any atom is 0.127 e. The maximum atomic E-state index is 5.87. The normalized spacial score (nSPS) is 10.5. The molecule has 0 spiro atoms. The van der Waals surface area contributed by atoms with Gasteiger partial charge in [-0.15, -0.1) is 11.3 Å². The van der Waals surface area contributed by atoms with Gasteiger partial charge in [0.25, 0.3) is 0 Å². The van der Waals surface area contributed by atoms with Crippen molar-refractivity contribution in [3.05, 3.63) is 50.1 Å². The summed E-state index contributed by atoms with van der Waals surface area (Å²) in [5.41, 5.74) is 7.89. The Morgan fingerprint density at radius 1 is 1.29 bits per heavy atom. The average Bonchev–Trinajstić information content (AvgIpc) is 2.73. The number of thiophene rings is 1. The Kier molecular flexibility index (Phi) is 4.20. The zero-order valence-corrected chi connectivity index (χ0v) is 12.0. The predicted molar refractivity (Wildman–Crippen MR) is 75.4 cm³/mol. The molecule has 0 radical (unpaired) electrons. The van der Waals surface area contributed by atoms with E-state index in [4.69, 9.17) is 10.5 Å². The van der Waals surface area contributed by atoms with Crippen LogP contribution >= 0.6 is 27.3 Å². The second-order valence-corrected chi connectivity index (χ2v) is 6.31. The lowest BCUT2D eigenvalue weighted by Gasteiger charge is -2.12. The summed E-state index contributed by atoms with van der Waals surface area (Å²) < 4.78 is 6.99. The quantitative estimate of drug-likeness (QED) is 0.930. The fraction of sp³-hybridized carbons (Fsp3) is 0.231. The minimum atomic E-state index is 0.505. The van der Waals surface area contributed by atoms with Gasteiger partial charge < -0.3 is 10.5 Å². The molecule has 0 atom stereocenters. The number of nitrogens with two attached hydrogens (primary N) is 1. The molecular formula is C13H14BrNOS. The van der Waals surface area contributed by atoms with Crippen molar-refractivity contribution in [1.29, 1.82) is 0 Å². The molecule has 0 saturated heterocycles. The highest BCUT2D eigenvalue weighted by Crippen LogP contribution is 2.27. The molecule has 4 heteroatoms. The van der Waals surface area contributed by atoms with Crippen LogP contribution in [0.1, 0.15) is 16.0 Å². The summed E-state index contributed by atoms with van der Waals surface area (Å²) in [4.78, 5) is 1.20. The molecule has 0 aliphatic heterocycles. The van der Waals surface area contributed by atoms with Gasteiger partial charge in [-0.3, -0.25) is 0 Å². The average molecular weight is 312 g/mol. The van der Waals surface area contributed by atoms with Crippen LogP contribution in [0.4, 0.5) is 0 Å². The van der Waals surface area contributed by atoms with Gasteiger partial charge in [-0.05, 0) is 40.5 Å². The first-order valence-corrected chi connectivity index (χ1v) is 6.97. The highest BCUT2D eigenvalue weighted by molar-refractivity contribution is 9.11. The van der Waals surface area contributed by atoms with E-state index < -0.39 is 0 Å². The van der Waals surface area contributed by atoms with Crippen LogP contribution in [0.15, 0.2) is 34.1 Å².